The first-order chi connectivity index (χ1) is 14.8. The SMILES string of the molecule is CC(C)c1ccc(NC(=O)c2ccc3c(c2)C[C@@H](C)N3S(=O)(=O)c2ccccc2)cc1. The fraction of sp³-hybridized carbons (Fsp3) is 0.240. The Kier molecular flexibility index (Phi) is 5.58. The van der Waals surface area contributed by atoms with Crippen LogP contribution in [0.5, 0.6) is 0 Å². The van der Waals surface area contributed by atoms with Gasteiger partial charge in [-0.3, -0.25) is 9.10 Å². The molecule has 1 N–H and O–H groups in total. The Morgan fingerprint density at radius 3 is 2.32 bits per heavy atom. The number of nitrogens with one attached hydrogen (secondary N) is 1. The molecule has 0 saturated heterocycles. The fourth-order valence-electron chi connectivity index (χ4n) is 3.97. The number of fused-ring (bicyclic) bond motifs is 1. The molecular formula is C25H26N2O3S. The normalized spacial score (nSPS) is 15.7. The van der Waals surface area contributed by atoms with E-state index in [1.165, 1.54) is 9.87 Å². The summed E-state index contributed by atoms with van der Waals surface area (Å²) >= 11 is 0. The molecule has 0 fully saturated rings. The van der Waals surface area contributed by atoms with Crippen LogP contribution in [0.1, 0.15) is 48.2 Å². The van der Waals surface area contributed by atoms with Crippen molar-refractivity contribution in [1.82, 2.24) is 0 Å². The smallest absolute Gasteiger partial charge is 0.264 e. The second-order valence-electron chi connectivity index (χ2n) is 8.24. The van der Waals surface area contributed by atoms with Gasteiger partial charge in [-0.1, -0.05) is 44.2 Å². The fourth-order valence-corrected chi connectivity index (χ4v) is 5.68. The van der Waals surface area contributed by atoms with E-state index in [1.54, 1.807) is 48.5 Å². The molecule has 1 aliphatic heterocycles. The average Bonchev–Trinajstić information content (AvgIpc) is 3.10. The maximum absolute atomic E-state index is 13.2. The van der Waals surface area contributed by atoms with E-state index in [1.807, 2.05) is 31.2 Å². The van der Waals surface area contributed by atoms with Gasteiger partial charge in [0.25, 0.3) is 15.9 Å². The number of benzene rings is 3. The Bertz CT molecular complexity index is 1200. The standard InChI is InChI=1S/C25H26N2O3S/c1-17(2)19-9-12-22(13-10-19)26-25(28)20-11-14-24-21(16-20)15-18(3)27(24)31(29,30)23-7-5-4-6-8-23/h4-14,16-18H,15H2,1-3H3,(H,26,28)/t18-/m1/s1. The lowest BCUT2D eigenvalue weighted by Crippen LogP contribution is -2.35. The molecule has 5 nitrogen and oxygen atoms in total. The minimum Gasteiger partial charge on any atom is -0.322 e. The van der Waals surface area contributed by atoms with Gasteiger partial charge in [0.15, 0.2) is 0 Å². The average molecular weight is 435 g/mol. The molecule has 3 aromatic carbocycles. The molecule has 31 heavy (non-hydrogen) atoms. The van der Waals surface area contributed by atoms with Crippen LogP contribution in [-0.2, 0) is 16.4 Å². The highest BCUT2D eigenvalue weighted by molar-refractivity contribution is 7.92. The zero-order valence-electron chi connectivity index (χ0n) is 17.9. The van der Waals surface area contributed by atoms with Gasteiger partial charge in [-0.05, 0) is 72.9 Å². The van der Waals surface area contributed by atoms with E-state index in [4.69, 9.17) is 0 Å². The highest BCUT2D eigenvalue weighted by Gasteiger charge is 2.36. The third-order valence-electron chi connectivity index (χ3n) is 5.63. The summed E-state index contributed by atoms with van der Waals surface area (Å²) in [5.41, 5.74) is 3.95. The van der Waals surface area contributed by atoms with Crippen molar-refractivity contribution in [2.24, 2.45) is 0 Å². The first-order valence-corrected chi connectivity index (χ1v) is 11.8. The number of anilines is 2. The van der Waals surface area contributed by atoms with Crippen LogP contribution in [0.15, 0.2) is 77.7 Å². The van der Waals surface area contributed by atoms with Gasteiger partial charge in [0.2, 0.25) is 0 Å². The molecule has 3 aromatic rings. The number of rotatable bonds is 5. The summed E-state index contributed by atoms with van der Waals surface area (Å²) in [5.74, 6) is 0.218. The lowest BCUT2D eigenvalue weighted by atomic mass is 10.0. The third-order valence-corrected chi connectivity index (χ3v) is 7.57. The summed E-state index contributed by atoms with van der Waals surface area (Å²) in [6.07, 6.45) is 0.561. The molecule has 160 valence electrons. The van der Waals surface area contributed by atoms with Crippen LogP contribution in [0.3, 0.4) is 0 Å². The van der Waals surface area contributed by atoms with Gasteiger partial charge in [-0.25, -0.2) is 8.42 Å². The van der Waals surface area contributed by atoms with Crippen molar-refractivity contribution in [2.45, 2.75) is 44.0 Å². The van der Waals surface area contributed by atoms with Gasteiger partial charge in [0.1, 0.15) is 0 Å². The number of sulfonamides is 1. The second-order valence-corrected chi connectivity index (χ2v) is 10.1. The van der Waals surface area contributed by atoms with Gasteiger partial charge in [-0.15, -0.1) is 0 Å². The van der Waals surface area contributed by atoms with Crippen molar-refractivity contribution in [1.29, 1.82) is 0 Å². The van der Waals surface area contributed by atoms with Crippen LogP contribution >= 0.6 is 0 Å². The lowest BCUT2D eigenvalue weighted by Gasteiger charge is -2.24. The molecule has 0 unspecified atom stereocenters. The van der Waals surface area contributed by atoms with Gasteiger partial charge in [0, 0.05) is 17.3 Å². The number of carbonyl (C=O) groups is 1. The molecule has 1 aliphatic rings. The number of nitrogens with zero attached hydrogens (tertiary/aromatic N) is 1. The van der Waals surface area contributed by atoms with Crippen molar-refractivity contribution in [2.75, 3.05) is 9.62 Å². The number of hydrogen-bond donors (Lipinski definition) is 1. The molecule has 1 heterocycles. The van der Waals surface area contributed by atoms with Gasteiger partial charge in [0.05, 0.1) is 10.6 Å². The van der Waals surface area contributed by atoms with E-state index in [0.29, 0.717) is 23.6 Å². The van der Waals surface area contributed by atoms with Crippen LogP contribution < -0.4 is 9.62 Å². The largest absolute Gasteiger partial charge is 0.322 e. The summed E-state index contributed by atoms with van der Waals surface area (Å²) in [6, 6.07) is 21.2. The molecule has 0 aliphatic carbocycles. The summed E-state index contributed by atoms with van der Waals surface area (Å²) < 4.78 is 27.8. The monoisotopic (exact) mass is 434 g/mol. The van der Waals surface area contributed by atoms with Crippen LogP contribution in [0.2, 0.25) is 0 Å². The minimum atomic E-state index is -3.66. The summed E-state index contributed by atoms with van der Waals surface area (Å²) in [7, 11) is -3.66. The van der Waals surface area contributed by atoms with Gasteiger partial charge >= 0.3 is 0 Å². The summed E-state index contributed by atoms with van der Waals surface area (Å²) in [6.45, 7) is 6.14. The molecule has 0 radical (unpaired) electrons. The minimum absolute atomic E-state index is 0.211. The van der Waals surface area contributed by atoms with E-state index in [9.17, 15) is 13.2 Å². The molecule has 6 heteroatoms. The number of carbonyl (C=O) groups excluding carboxylic acids is 1. The predicted octanol–water partition coefficient (Wildman–Crippen LogP) is 5.20. The lowest BCUT2D eigenvalue weighted by molar-refractivity contribution is 0.102. The Labute approximate surface area is 183 Å². The highest BCUT2D eigenvalue weighted by atomic mass is 32.2. The maximum Gasteiger partial charge on any atom is 0.264 e. The van der Waals surface area contributed by atoms with Crippen LogP contribution in [0, 0.1) is 0 Å². The van der Waals surface area contributed by atoms with Crippen LogP contribution in [0.25, 0.3) is 0 Å². The molecule has 0 aromatic heterocycles. The van der Waals surface area contributed by atoms with Crippen molar-refractivity contribution >= 4 is 27.3 Å². The van der Waals surface area contributed by atoms with Crippen molar-refractivity contribution < 1.29 is 13.2 Å². The quantitative estimate of drug-likeness (QED) is 0.600. The van der Waals surface area contributed by atoms with Crippen molar-refractivity contribution in [3.05, 3.63) is 89.5 Å². The third kappa shape index (κ3) is 4.08. The van der Waals surface area contributed by atoms with E-state index in [2.05, 4.69) is 19.2 Å². The van der Waals surface area contributed by atoms with Crippen LogP contribution in [0.4, 0.5) is 11.4 Å². The van der Waals surface area contributed by atoms with Gasteiger partial charge < -0.3 is 5.32 Å². The molecule has 1 amide bonds. The molecule has 1 atom stereocenters. The molecular weight excluding hydrogens is 408 g/mol. The Morgan fingerprint density at radius 2 is 1.68 bits per heavy atom. The molecule has 0 saturated carbocycles. The second kappa shape index (κ2) is 8.19. The van der Waals surface area contributed by atoms with Crippen molar-refractivity contribution in [3.8, 4) is 0 Å². The van der Waals surface area contributed by atoms with Crippen molar-refractivity contribution in [3.63, 3.8) is 0 Å². The number of amides is 1. The zero-order chi connectivity index (χ0) is 22.2. The first-order valence-electron chi connectivity index (χ1n) is 10.4. The maximum atomic E-state index is 13.2. The van der Waals surface area contributed by atoms with E-state index < -0.39 is 10.0 Å². The Balaban J connectivity index is 1.58. The predicted molar refractivity (Wildman–Crippen MR) is 124 cm³/mol. The first kappa shape index (κ1) is 21.1. The summed E-state index contributed by atoms with van der Waals surface area (Å²) in [5, 5.41) is 2.92. The van der Waals surface area contributed by atoms with Crippen LogP contribution in [-0.4, -0.2) is 20.4 Å². The zero-order valence-corrected chi connectivity index (χ0v) is 18.7. The summed E-state index contributed by atoms with van der Waals surface area (Å²) in [4.78, 5) is 13.0. The molecule has 4 rings (SSSR count). The number of hydrogen-bond acceptors (Lipinski definition) is 3. The van der Waals surface area contributed by atoms with E-state index in [0.717, 1.165) is 11.3 Å². The molecule has 0 spiro atoms. The topological polar surface area (TPSA) is 66.5 Å². The Morgan fingerprint density at radius 1 is 1.00 bits per heavy atom. The van der Waals surface area contributed by atoms with Gasteiger partial charge in [-0.2, -0.15) is 0 Å². The van der Waals surface area contributed by atoms with E-state index >= 15 is 0 Å². The van der Waals surface area contributed by atoms with E-state index in [-0.39, 0.29) is 16.8 Å². The highest BCUT2D eigenvalue weighted by Crippen LogP contribution is 2.37. The Hall–Kier alpha value is -3.12. The molecule has 0 bridgehead atoms.